The van der Waals surface area contributed by atoms with Gasteiger partial charge >= 0.3 is 0 Å². The number of hydrogen-bond acceptors (Lipinski definition) is 2. The van der Waals surface area contributed by atoms with Crippen molar-refractivity contribution in [3.05, 3.63) is 34.6 Å². The second kappa shape index (κ2) is 3.70. The molecule has 0 aliphatic rings. The van der Waals surface area contributed by atoms with Crippen LogP contribution in [-0.4, -0.2) is 19.3 Å². The summed E-state index contributed by atoms with van der Waals surface area (Å²) in [5, 5.41) is 4.97. The summed E-state index contributed by atoms with van der Waals surface area (Å²) in [5.41, 5.74) is 2.02. The molecular formula is C10H13ClN4. The average molecular weight is 225 g/mol. The fourth-order valence-corrected chi connectivity index (χ4v) is 1.83. The van der Waals surface area contributed by atoms with Gasteiger partial charge in [-0.25, -0.2) is 4.98 Å². The van der Waals surface area contributed by atoms with E-state index in [4.69, 9.17) is 11.6 Å². The predicted octanol–water partition coefficient (Wildman–Crippen LogP) is 1.94. The van der Waals surface area contributed by atoms with Gasteiger partial charge in [0.15, 0.2) is 0 Å². The highest BCUT2D eigenvalue weighted by Crippen LogP contribution is 2.19. The van der Waals surface area contributed by atoms with Gasteiger partial charge in [0.05, 0.1) is 12.2 Å². The molecule has 15 heavy (non-hydrogen) atoms. The Bertz CT molecular complexity index is 484. The fraction of sp³-hybridized carbons (Fsp3) is 0.400. The second-order valence-electron chi connectivity index (χ2n) is 3.58. The maximum absolute atomic E-state index is 6.15. The lowest BCUT2D eigenvalue weighted by Crippen LogP contribution is -2.01. The third-order valence-electron chi connectivity index (χ3n) is 2.52. The molecule has 0 atom stereocenters. The number of rotatable bonds is 2. The Balaban J connectivity index is 2.36. The summed E-state index contributed by atoms with van der Waals surface area (Å²) in [6.45, 7) is 4.66. The minimum absolute atomic E-state index is 0.695. The summed E-state index contributed by atoms with van der Waals surface area (Å²) in [7, 11) is 1.85. The van der Waals surface area contributed by atoms with Crippen LogP contribution in [0.5, 0.6) is 0 Å². The summed E-state index contributed by atoms with van der Waals surface area (Å²) in [6.07, 6.45) is 3.73. The highest BCUT2D eigenvalue weighted by molar-refractivity contribution is 6.30. The molecule has 2 heterocycles. The Morgan fingerprint density at radius 3 is 2.60 bits per heavy atom. The van der Waals surface area contributed by atoms with E-state index in [0.29, 0.717) is 5.15 Å². The van der Waals surface area contributed by atoms with Crippen molar-refractivity contribution in [2.45, 2.75) is 20.4 Å². The van der Waals surface area contributed by atoms with Crippen LogP contribution in [0.3, 0.4) is 0 Å². The topological polar surface area (TPSA) is 35.6 Å². The van der Waals surface area contributed by atoms with Gasteiger partial charge in [-0.3, -0.25) is 4.68 Å². The van der Waals surface area contributed by atoms with Crippen LogP contribution in [0.2, 0.25) is 5.15 Å². The first-order valence-electron chi connectivity index (χ1n) is 4.75. The molecule has 0 radical (unpaired) electrons. The van der Waals surface area contributed by atoms with Crippen LogP contribution < -0.4 is 0 Å². The van der Waals surface area contributed by atoms with Crippen molar-refractivity contribution in [2.24, 2.45) is 7.05 Å². The molecule has 0 amide bonds. The summed E-state index contributed by atoms with van der Waals surface area (Å²) in [5.74, 6) is 0.981. The van der Waals surface area contributed by atoms with Crippen LogP contribution >= 0.6 is 11.6 Å². The molecule has 2 aromatic rings. The van der Waals surface area contributed by atoms with E-state index in [0.717, 1.165) is 23.6 Å². The Morgan fingerprint density at radius 2 is 2.13 bits per heavy atom. The maximum Gasteiger partial charge on any atom is 0.131 e. The molecular weight excluding hydrogens is 212 g/mol. The molecule has 0 aromatic carbocycles. The number of aryl methyl sites for hydroxylation is 3. The monoisotopic (exact) mass is 224 g/mol. The van der Waals surface area contributed by atoms with Gasteiger partial charge in [-0.15, -0.1) is 0 Å². The molecule has 5 heteroatoms. The number of aromatic nitrogens is 4. The lowest BCUT2D eigenvalue weighted by Gasteiger charge is -2.04. The Labute approximate surface area is 93.5 Å². The molecule has 2 rings (SSSR count). The average Bonchev–Trinajstić information content (AvgIpc) is 2.67. The quantitative estimate of drug-likeness (QED) is 0.782. The largest absolute Gasteiger partial charge is 0.331 e. The third kappa shape index (κ3) is 1.77. The van der Waals surface area contributed by atoms with Crippen LogP contribution in [0.15, 0.2) is 12.4 Å². The molecule has 0 aliphatic carbocycles. The van der Waals surface area contributed by atoms with Crippen molar-refractivity contribution in [1.29, 1.82) is 0 Å². The van der Waals surface area contributed by atoms with Gasteiger partial charge in [0.2, 0.25) is 0 Å². The van der Waals surface area contributed by atoms with E-state index in [2.05, 4.69) is 14.6 Å². The smallest absolute Gasteiger partial charge is 0.131 e. The van der Waals surface area contributed by atoms with Crippen LogP contribution in [0.1, 0.15) is 17.1 Å². The van der Waals surface area contributed by atoms with E-state index in [9.17, 15) is 0 Å². The van der Waals surface area contributed by atoms with Gasteiger partial charge in [-0.05, 0) is 13.8 Å². The molecule has 0 spiro atoms. The summed E-state index contributed by atoms with van der Waals surface area (Å²) in [6, 6.07) is 0. The van der Waals surface area contributed by atoms with Crippen molar-refractivity contribution in [3.63, 3.8) is 0 Å². The number of imidazole rings is 1. The minimum Gasteiger partial charge on any atom is -0.331 e. The summed E-state index contributed by atoms with van der Waals surface area (Å²) < 4.78 is 3.74. The van der Waals surface area contributed by atoms with Crippen molar-refractivity contribution < 1.29 is 0 Å². The van der Waals surface area contributed by atoms with Crippen molar-refractivity contribution in [3.8, 4) is 0 Å². The predicted molar refractivity (Wildman–Crippen MR) is 59.0 cm³/mol. The molecule has 0 fully saturated rings. The van der Waals surface area contributed by atoms with Crippen LogP contribution in [0.25, 0.3) is 0 Å². The summed E-state index contributed by atoms with van der Waals surface area (Å²) >= 11 is 6.15. The Morgan fingerprint density at radius 1 is 1.40 bits per heavy atom. The summed E-state index contributed by atoms with van der Waals surface area (Å²) in [4.78, 5) is 4.17. The van der Waals surface area contributed by atoms with E-state index >= 15 is 0 Å². The number of nitrogens with zero attached hydrogens (tertiary/aromatic N) is 4. The molecule has 0 aliphatic heterocycles. The first-order chi connectivity index (χ1) is 7.09. The van der Waals surface area contributed by atoms with Gasteiger partial charge in [0.25, 0.3) is 0 Å². The second-order valence-corrected chi connectivity index (χ2v) is 3.94. The van der Waals surface area contributed by atoms with Crippen molar-refractivity contribution in [1.82, 2.24) is 19.3 Å². The molecule has 4 nitrogen and oxygen atoms in total. The van der Waals surface area contributed by atoms with Gasteiger partial charge < -0.3 is 4.57 Å². The Hall–Kier alpha value is -1.29. The van der Waals surface area contributed by atoms with Crippen molar-refractivity contribution in [2.75, 3.05) is 0 Å². The number of hydrogen-bond donors (Lipinski definition) is 0. The van der Waals surface area contributed by atoms with E-state index in [1.807, 2.05) is 27.1 Å². The van der Waals surface area contributed by atoms with Crippen LogP contribution in [-0.2, 0) is 13.6 Å². The first kappa shape index (κ1) is 10.2. The van der Waals surface area contributed by atoms with E-state index in [1.54, 1.807) is 10.9 Å². The normalized spacial score (nSPS) is 10.9. The van der Waals surface area contributed by atoms with E-state index in [1.165, 1.54) is 0 Å². The standard InChI is InChI=1S/C10H13ClN4/c1-7-9(10(11)14(3)13-7)6-15-5-4-12-8(15)2/h4-5H,6H2,1-3H3. The van der Waals surface area contributed by atoms with Crippen molar-refractivity contribution >= 4 is 11.6 Å². The van der Waals surface area contributed by atoms with Crippen LogP contribution in [0, 0.1) is 13.8 Å². The maximum atomic E-state index is 6.15. The van der Waals surface area contributed by atoms with Gasteiger partial charge in [0.1, 0.15) is 11.0 Å². The van der Waals surface area contributed by atoms with Gasteiger partial charge in [-0.1, -0.05) is 11.6 Å². The zero-order valence-electron chi connectivity index (χ0n) is 9.03. The minimum atomic E-state index is 0.695. The molecule has 0 bridgehead atoms. The molecule has 0 N–H and O–H groups in total. The highest BCUT2D eigenvalue weighted by atomic mass is 35.5. The molecule has 80 valence electrons. The zero-order chi connectivity index (χ0) is 11.0. The Kier molecular flexibility index (Phi) is 2.52. The van der Waals surface area contributed by atoms with Crippen LogP contribution in [0.4, 0.5) is 0 Å². The van der Waals surface area contributed by atoms with Gasteiger partial charge in [-0.2, -0.15) is 5.10 Å². The third-order valence-corrected chi connectivity index (χ3v) is 2.99. The van der Waals surface area contributed by atoms with E-state index < -0.39 is 0 Å². The molecule has 2 aromatic heterocycles. The first-order valence-corrected chi connectivity index (χ1v) is 5.13. The molecule has 0 saturated heterocycles. The SMILES string of the molecule is Cc1nn(C)c(Cl)c1Cn1ccnc1C. The van der Waals surface area contributed by atoms with Gasteiger partial charge in [0, 0.05) is 25.0 Å². The lowest BCUT2D eigenvalue weighted by molar-refractivity contribution is 0.751. The zero-order valence-corrected chi connectivity index (χ0v) is 9.78. The fourth-order valence-electron chi connectivity index (χ4n) is 1.59. The lowest BCUT2D eigenvalue weighted by atomic mass is 10.2. The number of halogens is 1. The highest BCUT2D eigenvalue weighted by Gasteiger charge is 2.11. The molecule has 0 unspecified atom stereocenters. The van der Waals surface area contributed by atoms with E-state index in [-0.39, 0.29) is 0 Å². The molecule has 0 saturated carbocycles.